The summed E-state index contributed by atoms with van der Waals surface area (Å²) < 4.78 is 1.79. The third-order valence-electron chi connectivity index (χ3n) is 4.59. The summed E-state index contributed by atoms with van der Waals surface area (Å²) in [6.07, 6.45) is 5.30. The van der Waals surface area contributed by atoms with Crippen molar-refractivity contribution in [1.82, 2.24) is 15.0 Å². The van der Waals surface area contributed by atoms with Crippen LogP contribution in [-0.2, 0) is 12.1 Å². The minimum atomic E-state index is -0.512. The summed E-state index contributed by atoms with van der Waals surface area (Å²) in [5.41, 5.74) is 10.1. The Morgan fingerprint density at radius 3 is 2.91 bits per heavy atom. The lowest BCUT2D eigenvalue weighted by Gasteiger charge is -2.20. The number of hydrogen-bond donors (Lipinski definition) is 2. The fourth-order valence-corrected chi connectivity index (χ4v) is 2.91. The molecule has 1 aliphatic carbocycles. The number of primary amides is 1. The van der Waals surface area contributed by atoms with Gasteiger partial charge in [0.1, 0.15) is 5.69 Å². The Bertz CT molecular complexity index is 869. The predicted octanol–water partition coefficient (Wildman–Crippen LogP) is 1.01. The SMILES string of the molecule is CC1(n2cccc(N3NCc4cc(C(N)=O)cnc43)c2=O)CC1. The summed E-state index contributed by atoms with van der Waals surface area (Å²) in [6.45, 7) is 2.58. The zero-order valence-corrected chi connectivity index (χ0v) is 12.7. The monoisotopic (exact) mass is 311 g/mol. The maximum atomic E-state index is 12.8. The Balaban J connectivity index is 1.78. The Hall–Kier alpha value is -2.67. The van der Waals surface area contributed by atoms with Crippen LogP contribution in [0.3, 0.4) is 0 Å². The van der Waals surface area contributed by atoms with Gasteiger partial charge < -0.3 is 10.3 Å². The molecular formula is C16H17N5O2. The molecule has 0 radical (unpaired) electrons. The van der Waals surface area contributed by atoms with Gasteiger partial charge in [-0.1, -0.05) is 0 Å². The Morgan fingerprint density at radius 2 is 2.22 bits per heavy atom. The number of hydrogen-bond acceptors (Lipinski definition) is 5. The number of anilines is 2. The van der Waals surface area contributed by atoms with E-state index in [0.29, 0.717) is 23.6 Å². The van der Waals surface area contributed by atoms with E-state index >= 15 is 0 Å². The summed E-state index contributed by atoms with van der Waals surface area (Å²) in [5.74, 6) is 0.119. The van der Waals surface area contributed by atoms with Gasteiger partial charge in [0.05, 0.1) is 5.56 Å². The van der Waals surface area contributed by atoms with Gasteiger partial charge in [-0.25, -0.2) is 10.4 Å². The van der Waals surface area contributed by atoms with Gasteiger partial charge in [0.15, 0.2) is 5.82 Å². The van der Waals surface area contributed by atoms with Gasteiger partial charge in [-0.05, 0) is 38.0 Å². The van der Waals surface area contributed by atoms with Crippen LogP contribution in [0.2, 0.25) is 0 Å². The average Bonchev–Trinajstić information content (AvgIpc) is 3.14. The number of amides is 1. The van der Waals surface area contributed by atoms with Gasteiger partial charge >= 0.3 is 0 Å². The van der Waals surface area contributed by atoms with Gasteiger partial charge in [-0.3, -0.25) is 14.6 Å². The maximum Gasteiger partial charge on any atom is 0.276 e. The number of nitrogens with one attached hydrogen (secondary N) is 1. The molecule has 0 unspecified atom stereocenters. The highest BCUT2D eigenvalue weighted by Gasteiger charge is 2.40. The molecule has 2 aromatic rings. The molecule has 1 fully saturated rings. The summed E-state index contributed by atoms with van der Waals surface area (Å²) in [6, 6.07) is 5.36. The van der Waals surface area contributed by atoms with Crippen LogP contribution in [0.5, 0.6) is 0 Å². The van der Waals surface area contributed by atoms with Crippen LogP contribution in [-0.4, -0.2) is 15.5 Å². The van der Waals surface area contributed by atoms with Crippen LogP contribution in [0.1, 0.15) is 35.7 Å². The molecule has 2 aromatic heterocycles. The lowest BCUT2D eigenvalue weighted by molar-refractivity contribution is 0.1000. The number of fused-ring (bicyclic) bond motifs is 1. The Labute approximate surface area is 132 Å². The number of pyridine rings is 2. The molecular weight excluding hydrogens is 294 g/mol. The summed E-state index contributed by atoms with van der Waals surface area (Å²) >= 11 is 0. The molecule has 7 heteroatoms. The van der Waals surface area contributed by atoms with Crippen molar-refractivity contribution in [3.05, 3.63) is 52.1 Å². The fraction of sp³-hybridized carbons (Fsp3) is 0.312. The number of carbonyl (C=O) groups excluding carboxylic acids is 1. The van der Waals surface area contributed by atoms with E-state index in [1.165, 1.54) is 6.20 Å². The van der Waals surface area contributed by atoms with E-state index in [1.807, 2.05) is 12.3 Å². The number of rotatable bonds is 3. The van der Waals surface area contributed by atoms with Crippen molar-refractivity contribution in [3.8, 4) is 0 Å². The Kier molecular flexibility index (Phi) is 2.83. The standard InChI is InChI=1S/C16H17N5O2/c1-16(4-5-16)20-6-2-3-12(15(20)23)21-14-11(9-19-21)7-10(8-18-14)13(17)22/h2-3,6-8,19H,4-5,9H2,1H3,(H2,17,22). The van der Waals surface area contributed by atoms with Crippen molar-refractivity contribution in [2.75, 3.05) is 5.01 Å². The van der Waals surface area contributed by atoms with Gasteiger partial charge in [0, 0.05) is 30.0 Å². The Morgan fingerprint density at radius 1 is 1.43 bits per heavy atom. The second-order valence-electron chi connectivity index (χ2n) is 6.31. The van der Waals surface area contributed by atoms with E-state index in [0.717, 1.165) is 18.4 Å². The van der Waals surface area contributed by atoms with Gasteiger partial charge in [0.25, 0.3) is 5.56 Å². The molecule has 1 amide bonds. The van der Waals surface area contributed by atoms with Crippen molar-refractivity contribution >= 4 is 17.4 Å². The first-order valence-corrected chi connectivity index (χ1v) is 7.54. The topological polar surface area (TPSA) is 93.2 Å². The minimum Gasteiger partial charge on any atom is -0.366 e. The molecule has 7 nitrogen and oxygen atoms in total. The molecule has 118 valence electrons. The van der Waals surface area contributed by atoms with E-state index in [1.54, 1.807) is 21.7 Å². The highest BCUT2D eigenvalue weighted by Crippen LogP contribution is 2.42. The van der Waals surface area contributed by atoms with Gasteiger partial charge in [0.2, 0.25) is 5.91 Å². The number of nitrogens with zero attached hydrogens (tertiary/aromatic N) is 3. The van der Waals surface area contributed by atoms with Crippen molar-refractivity contribution < 1.29 is 4.79 Å². The molecule has 0 aromatic carbocycles. The molecule has 1 saturated carbocycles. The second kappa shape index (κ2) is 4.66. The third kappa shape index (κ3) is 2.12. The van der Waals surface area contributed by atoms with E-state index in [2.05, 4.69) is 17.3 Å². The van der Waals surface area contributed by atoms with Crippen LogP contribution in [0.15, 0.2) is 35.4 Å². The van der Waals surface area contributed by atoms with E-state index < -0.39 is 5.91 Å². The molecule has 0 atom stereocenters. The molecule has 4 rings (SSSR count). The van der Waals surface area contributed by atoms with Crippen molar-refractivity contribution in [3.63, 3.8) is 0 Å². The first-order valence-electron chi connectivity index (χ1n) is 7.54. The third-order valence-corrected chi connectivity index (χ3v) is 4.59. The highest BCUT2D eigenvalue weighted by molar-refractivity contribution is 5.93. The highest BCUT2D eigenvalue weighted by atomic mass is 16.1. The zero-order valence-electron chi connectivity index (χ0n) is 12.7. The smallest absolute Gasteiger partial charge is 0.276 e. The first kappa shape index (κ1) is 14.0. The number of nitrogens with two attached hydrogens (primary N) is 1. The van der Waals surface area contributed by atoms with Gasteiger partial charge in [-0.2, -0.15) is 0 Å². The zero-order chi connectivity index (χ0) is 16.2. The lowest BCUT2D eigenvalue weighted by Crippen LogP contribution is -2.36. The molecule has 23 heavy (non-hydrogen) atoms. The number of carbonyl (C=O) groups is 1. The maximum absolute atomic E-state index is 12.8. The van der Waals surface area contributed by atoms with Gasteiger partial charge in [-0.15, -0.1) is 0 Å². The summed E-state index contributed by atoms with van der Waals surface area (Å²) in [5, 5.41) is 1.69. The molecule has 0 bridgehead atoms. The average molecular weight is 311 g/mol. The normalized spacial score (nSPS) is 17.9. The molecule has 3 heterocycles. The largest absolute Gasteiger partial charge is 0.366 e. The first-order chi connectivity index (χ1) is 11.0. The van der Waals surface area contributed by atoms with E-state index in [9.17, 15) is 9.59 Å². The molecule has 0 spiro atoms. The second-order valence-corrected chi connectivity index (χ2v) is 6.31. The molecule has 1 aliphatic heterocycles. The fourth-order valence-electron chi connectivity index (χ4n) is 2.91. The van der Waals surface area contributed by atoms with Crippen LogP contribution >= 0.6 is 0 Å². The molecule has 2 aliphatic rings. The molecule has 0 saturated heterocycles. The summed E-state index contributed by atoms with van der Waals surface area (Å²) in [7, 11) is 0. The minimum absolute atomic E-state index is 0.0476. The summed E-state index contributed by atoms with van der Waals surface area (Å²) in [4.78, 5) is 28.4. The van der Waals surface area contributed by atoms with Crippen LogP contribution in [0.4, 0.5) is 11.5 Å². The van der Waals surface area contributed by atoms with E-state index in [-0.39, 0.29) is 11.1 Å². The van der Waals surface area contributed by atoms with Crippen molar-refractivity contribution in [2.24, 2.45) is 5.73 Å². The van der Waals surface area contributed by atoms with Crippen LogP contribution in [0, 0.1) is 0 Å². The lowest BCUT2D eigenvalue weighted by atomic mass is 10.2. The van der Waals surface area contributed by atoms with Crippen molar-refractivity contribution in [2.45, 2.75) is 31.8 Å². The quantitative estimate of drug-likeness (QED) is 0.882. The predicted molar refractivity (Wildman–Crippen MR) is 85.3 cm³/mol. The number of aromatic nitrogens is 2. The van der Waals surface area contributed by atoms with Crippen molar-refractivity contribution in [1.29, 1.82) is 0 Å². The van der Waals surface area contributed by atoms with E-state index in [4.69, 9.17) is 5.73 Å². The molecule has 3 N–H and O–H groups in total. The number of hydrazine groups is 1. The van der Waals surface area contributed by atoms with Crippen LogP contribution in [0.25, 0.3) is 0 Å². The van der Waals surface area contributed by atoms with Crippen LogP contribution < -0.4 is 21.7 Å².